The molecule has 2 unspecified atom stereocenters. The van der Waals surface area contributed by atoms with Gasteiger partial charge in [0, 0.05) is 11.6 Å². The molecule has 0 spiro atoms. The van der Waals surface area contributed by atoms with Crippen LogP contribution in [0.15, 0.2) is 96.0 Å². The Balaban J connectivity index is 1.79. The van der Waals surface area contributed by atoms with Crippen LogP contribution in [0.2, 0.25) is 0 Å². The van der Waals surface area contributed by atoms with E-state index in [1.807, 2.05) is 105 Å². The van der Waals surface area contributed by atoms with E-state index in [0.717, 1.165) is 22.4 Å². The SMILES string of the molecule is CCOC(=O)[C@@H](CCc1ccccc1)/N=C(\C)C(Cc1ccccc1)NC(=O)C(C)Cc1ccccc1. The molecule has 3 rings (SSSR count). The fourth-order valence-corrected chi connectivity index (χ4v) is 4.28. The maximum Gasteiger partial charge on any atom is 0.330 e. The number of hydrogen-bond donors (Lipinski definition) is 1. The Morgan fingerprint density at radius 3 is 1.86 bits per heavy atom. The number of aryl methyl sites for hydroxylation is 1. The minimum atomic E-state index is -0.628. The molecule has 194 valence electrons. The molecule has 1 amide bonds. The molecule has 0 heterocycles. The highest BCUT2D eigenvalue weighted by molar-refractivity contribution is 5.93. The third kappa shape index (κ3) is 9.34. The van der Waals surface area contributed by atoms with Gasteiger partial charge >= 0.3 is 5.97 Å². The zero-order valence-corrected chi connectivity index (χ0v) is 22.1. The van der Waals surface area contributed by atoms with Crippen LogP contribution in [0.4, 0.5) is 0 Å². The van der Waals surface area contributed by atoms with Crippen LogP contribution in [0.1, 0.15) is 43.9 Å². The average Bonchev–Trinajstić information content (AvgIpc) is 2.92. The highest BCUT2D eigenvalue weighted by atomic mass is 16.5. The predicted octanol–water partition coefficient (Wildman–Crippen LogP) is 5.62. The molecule has 0 aliphatic rings. The molecule has 0 saturated heterocycles. The number of nitrogens with zero attached hydrogens (tertiary/aromatic N) is 1. The maximum absolute atomic E-state index is 13.2. The van der Waals surface area contributed by atoms with E-state index in [1.54, 1.807) is 6.92 Å². The standard InChI is InChI=1S/C32H38N2O3/c1-4-37-32(36)29(21-20-26-14-8-5-9-15-26)33-25(3)30(23-28-18-12-7-13-19-28)34-31(35)24(2)22-27-16-10-6-11-17-27/h5-19,24,29-30H,4,20-23H2,1-3H3,(H,34,35)/b33-25+/t24?,29-,30?/m1/s1. The maximum atomic E-state index is 13.2. The smallest absolute Gasteiger partial charge is 0.330 e. The van der Waals surface area contributed by atoms with Crippen LogP contribution in [0.5, 0.6) is 0 Å². The lowest BCUT2D eigenvalue weighted by Gasteiger charge is -2.23. The van der Waals surface area contributed by atoms with Crippen LogP contribution in [0, 0.1) is 5.92 Å². The molecule has 3 aromatic rings. The van der Waals surface area contributed by atoms with Gasteiger partial charge in [0.05, 0.1) is 12.6 Å². The number of rotatable bonds is 13. The monoisotopic (exact) mass is 498 g/mol. The highest BCUT2D eigenvalue weighted by Gasteiger charge is 2.24. The lowest BCUT2D eigenvalue weighted by atomic mass is 9.97. The normalized spacial score (nSPS) is 13.9. The molecule has 1 N–H and O–H groups in total. The Morgan fingerprint density at radius 1 is 0.811 bits per heavy atom. The summed E-state index contributed by atoms with van der Waals surface area (Å²) in [4.78, 5) is 30.9. The average molecular weight is 499 g/mol. The van der Waals surface area contributed by atoms with Crippen LogP contribution < -0.4 is 5.32 Å². The van der Waals surface area contributed by atoms with Crippen molar-refractivity contribution in [2.75, 3.05) is 6.61 Å². The summed E-state index contributed by atoms with van der Waals surface area (Å²) in [7, 11) is 0. The number of ether oxygens (including phenoxy) is 1. The van der Waals surface area contributed by atoms with Crippen molar-refractivity contribution < 1.29 is 14.3 Å². The first-order valence-corrected chi connectivity index (χ1v) is 13.1. The summed E-state index contributed by atoms with van der Waals surface area (Å²) in [5, 5.41) is 3.21. The second-order valence-corrected chi connectivity index (χ2v) is 9.40. The number of esters is 1. The number of nitrogens with one attached hydrogen (secondary N) is 1. The topological polar surface area (TPSA) is 67.8 Å². The van der Waals surface area contributed by atoms with Crippen LogP contribution in [-0.4, -0.2) is 36.3 Å². The van der Waals surface area contributed by atoms with Gasteiger partial charge in [-0.2, -0.15) is 0 Å². The third-order valence-corrected chi connectivity index (χ3v) is 6.40. The summed E-state index contributed by atoms with van der Waals surface area (Å²) in [6.07, 6.45) is 2.50. The molecular weight excluding hydrogens is 460 g/mol. The van der Waals surface area contributed by atoms with Gasteiger partial charge in [-0.25, -0.2) is 4.79 Å². The van der Waals surface area contributed by atoms with Crippen molar-refractivity contribution in [3.63, 3.8) is 0 Å². The Labute approximate surface area is 221 Å². The van der Waals surface area contributed by atoms with Crippen LogP contribution in [-0.2, 0) is 33.6 Å². The van der Waals surface area contributed by atoms with E-state index in [2.05, 4.69) is 5.32 Å². The fourth-order valence-electron chi connectivity index (χ4n) is 4.28. The van der Waals surface area contributed by atoms with Gasteiger partial charge in [0.25, 0.3) is 0 Å². The van der Waals surface area contributed by atoms with Gasteiger partial charge in [-0.1, -0.05) is 97.9 Å². The molecule has 3 atom stereocenters. The number of hydrogen-bond acceptors (Lipinski definition) is 4. The lowest BCUT2D eigenvalue weighted by molar-refractivity contribution is -0.144. The molecule has 0 radical (unpaired) electrons. The van der Waals surface area contributed by atoms with E-state index < -0.39 is 6.04 Å². The van der Waals surface area contributed by atoms with Crippen molar-refractivity contribution in [2.24, 2.45) is 10.9 Å². The second-order valence-electron chi connectivity index (χ2n) is 9.40. The van der Waals surface area contributed by atoms with Gasteiger partial charge in [-0.15, -0.1) is 0 Å². The molecule has 37 heavy (non-hydrogen) atoms. The first kappa shape index (κ1) is 27.9. The second kappa shape index (κ2) is 14.7. The molecule has 0 aliphatic heterocycles. The summed E-state index contributed by atoms with van der Waals surface area (Å²) >= 11 is 0. The lowest BCUT2D eigenvalue weighted by Crippen LogP contribution is -2.44. The molecule has 0 saturated carbocycles. The number of carbonyl (C=O) groups is 2. The van der Waals surface area contributed by atoms with Crippen molar-refractivity contribution in [1.29, 1.82) is 0 Å². The summed E-state index contributed by atoms with van der Waals surface area (Å²) in [5.74, 6) is -0.566. The fraction of sp³-hybridized carbons (Fsp3) is 0.344. The molecule has 3 aromatic carbocycles. The largest absolute Gasteiger partial charge is 0.464 e. The van der Waals surface area contributed by atoms with Crippen molar-refractivity contribution >= 4 is 17.6 Å². The van der Waals surface area contributed by atoms with Crippen molar-refractivity contribution in [3.05, 3.63) is 108 Å². The molecule has 0 aromatic heterocycles. The first-order chi connectivity index (χ1) is 18.0. The van der Waals surface area contributed by atoms with Gasteiger partial charge in [0.15, 0.2) is 0 Å². The van der Waals surface area contributed by atoms with Gasteiger partial charge in [0.1, 0.15) is 6.04 Å². The minimum Gasteiger partial charge on any atom is -0.464 e. The Morgan fingerprint density at radius 2 is 1.32 bits per heavy atom. The Bertz CT molecular complexity index is 1130. The van der Waals surface area contributed by atoms with Crippen LogP contribution in [0.3, 0.4) is 0 Å². The van der Waals surface area contributed by atoms with E-state index in [-0.39, 0.29) is 23.8 Å². The summed E-state index contributed by atoms with van der Waals surface area (Å²) in [6, 6.07) is 29.1. The quantitative estimate of drug-likeness (QED) is 0.246. The zero-order valence-electron chi connectivity index (χ0n) is 22.1. The van der Waals surface area contributed by atoms with Crippen molar-refractivity contribution in [3.8, 4) is 0 Å². The van der Waals surface area contributed by atoms with Gasteiger partial charge in [0.2, 0.25) is 5.91 Å². The summed E-state index contributed by atoms with van der Waals surface area (Å²) in [5.41, 5.74) is 4.08. The van der Waals surface area contributed by atoms with Gasteiger partial charge in [-0.05, 0) is 56.2 Å². The van der Waals surface area contributed by atoms with E-state index in [9.17, 15) is 9.59 Å². The van der Waals surface area contributed by atoms with Crippen LogP contribution in [0.25, 0.3) is 0 Å². The van der Waals surface area contributed by atoms with E-state index >= 15 is 0 Å². The zero-order chi connectivity index (χ0) is 26.5. The predicted molar refractivity (Wildman–Crippen MR) is 150 cm³/mol. The Hall–Kier alpha value is -3.73. The molecule has 5 heteroatoms. The van der Waals surface area contributed by atoms with Gasteiger partial charge < -0.3 is 10.1 Å². The Kier molecular flexibility index (Phi) is 11.1. The molecule has 0 bridgehead atoms. The number of benzene rings is 3. The number of aliphatic imine (C=N–C) groups is 1. The number of amides is 1. The molecule has 0 fully saturated rings. The van der Waals surface area contributed by atoms with Crippen molar-refractivity contribution in [2.45, 2.75) is 58.5 Å². The van der Waals surface area contributed by atoms with Crippen LogP contribution >= 0.6 is 0 Å². The molecular formula is C32H38N2O3. The number of carbonyl (C=O) groups excluding carboxylic acids is 2. The van der Waals surface area contributed by atoms with Crippen molar-refractivity contribution in [1.82, 2.24) is 5.32 Å². The summed E-state index contributed by atoms with van der Waals surface area (Å²) in [6.45, 7) is 5.94. The minimum absolute atomic E-state index is 0.0312. The highest BCUT2D eigenvalue weighted by Crippen LogP contribution is 2.14. The first-order valence-electron chi connectivity index (χ1n) is 13.1. The van der Waals surface area contributed by atoms with E-state index in [0.29, 0.717) is 32.3 Å². The molecule has 0 aliphatic carbocycles. The summed E-state index contributed by atoms with van der Waals surface area (Å²) < 4.78 is 5.34. The van der Waals surface area contributed by atoms with E-state index in [1.165, 1.54) is 0 Å². The van der Waals surface area contributed by atoms with E-state index in [4.69, 9.17) is 9.73 Å². The molecule has 5 nitrogen and oxygen atoms in total. The van der Waals surface area contributed by atoms with Gasteiger partial charge in [-0.3, -0.25) is 9.79 Å². The third-order valence-electron chi connectivity index (χ3n) is 6.40.